The largest absolute Gasteiger partial charge is 0.348 e. The Morgan fingerprint density at radius 3 is 2.29 bits per heavy atom. The molecule has 1 aliphatic rings. The normalized spacial score (nSPS) is 15.1. The van der Waals surface area contributed by atoms with E-state index in [1.165, 1.54) is 0 Å². The Morgan fingerprint density at radius 2 is 1.68 bits per heavy atom. The number of piperidine rings is 1. The van der Waals surface area contributed by atoms with Gasteiger partial charge in [-0.2, -0.15) is 0 Å². The van der Waals surface area contributed by atoms with Gasteiger partial charge in [0, 0.05) is 36.7 Å². The number of rotatable bonds is 4. The second-order valence-corrected chi connectivity index (χ2v) is 8.50. The number of halogens is 1. The minimum absolute atomic E-state index is 0.0612. The topological polar surface area (TPSA) is 90.5 Å². The Kier molecular flexibility index (Phi) is 7.69. The Balaban J connectivity index is 1.68. The summed E-state index contributed by atoms with van der Waals surface area (Å²) >= 11 is 6.04. The summed E-state index contributed by atoms with van der Waals surface area (Å²) in [4.78, 5) is 37.9. The maximum absolute atomic E-state index is 12.2. The first-order valence-electron chi connectivity index (χ1n) is 9.52. The number of amides is 4. The van der Waals surface area contributed by atoms with E-state index < -0.39 is 11.8 Å². The number of hydrogen-bond acceptors (Lipinski definition) is 3. The van der Waals surface area contributed by atoms with E-state index in [-0.39, 0.29) is 24.0 Å². The van der Waals surface area contributed by atoms with Crippen LogP contribution in [0.5, 0.6) is 0 Å². The van der Waals surface area contributed by atoms with Crippen LogP contribution in [0.2, 0.25) is 5.02 Å². The number of carbonyl (C=O) groups excluding carboxylic acids is 3. The van der Waals surface area contributed by atoms with Gasteiger partial charge in [0.25, 0.3) is 0 Å². The average Bonchev–Trinajstić information content (AvgIpc) is 2.64. The maximum atomic E-state index is 12.2. The standard InChI is InChI=1S/C20H29ClN4O3/c1-20(2,3)24-19(28)25-10-8-14(9-11-25)12-22-17(26)18(27)23-13-15-6-4-5-7-16(15)21/h4-7,14H,8-13H2,1-3H3,(H,22,26)(H,23,27)(H,24,28). The number of likely N-dealkylation sites (tertiary alicyclic amines) is 1. The van der Waals surface area contributed by atoms with E-state index in [1.807, 2.05) is 26.8 Å². The summed E-state index contributed by atoms with van der Waals surface area (Å²) in [7, 11) is 0. The van der Waals surface area contributed by atoms with Gasteiger partial charge < -0.3 is 20.9 Å². The van der Waals surface area contributed by atoms with Crippen LogP contribution in [-0.2, 0) is 16.1 Å². The van der Waals surface area contributed by atoms with Crippen molar-refractivity contribution >= 4 is 29.4 Å². The van der Waals surface area contributed by atoms with Crippen LogP contribution < -0.4 is 16.0 Å². The Hall–Kier alpha value is -2.28. The molecule has 154 valence electrons. The van der Waals surface area contributed by atoms with E-state index in [1.54, 1.807) is 23.1 Å². The lowest BCUT2D eigenvalue weighted by atomic mass is 9.97. The molecule has 0 atom stereocenters. The monoisotopic (exact) mass is 408 g/mol. The van der Waals surface area contributed by atoms with E-state index in [0.29, 0.717) is 24.7 Å². The van der Waals surface area contributed by atoms with Crippen LogP contribution in [0.3, 0.4) is 0 Å². The Labute approximate surface area is 171 Å². The number of hydrogen-bond donors (Lipinski definition) is 3. The van der Waals surface area contributed by atoms with E-state index in [0.717, 1.165) is 18.4 Å². The highest BCUT2D eigenvalue weighted by molar-refractivity contribution is 6.35. The Morgan fingerprint density at radius 1 is 1.07 bits per heavy atom. The van der Waals surface area contributed by atoms with E-state index in [2.05, 4.69) is 16.0 Å². The lowest BCUT2D eigenvalue weighted by Gasteiger charge is -2.34. The van der Waals surface area contributed by atoms with Gasteiger partial charge in [-0.15, -0.1) is 0 Å². The van der Waals surface area contributed by atoms with E-state index in [4.69, 9.17) is 11.6 Å². The van der Waals surface area contributed by atoms with Crippen molar-refractivity contribution < 1.29 is 14.4 Å². The minimum atomic E-state index is -0.679. The molecule has 1 heterocycles. The SMILES string of the molecule is CC(C)(C)NC(=O)N1CCC(CNC(=O)C(=O)NCc2ccccc2Cl)CC1. The molecule has 1 saturated heterocycles. The highest BCUT2D eigenvalue weighted by Gasteiger charge is 2.26. The molecule has 1 aromatic rings. The fourth-order valence-corrected chi connectivity index (χ4v) is 3.16. The zero-order valence-electron chi connectivity index (χ0n) is 16.7. The summed E-state index contributed by atoms with van der Waals surface area (Å²) < 4.78 is 0. The van der Waals surface area contributed by atoms with Gasteiger partial charge in [0.05, 0.1) is 0 Å². The fourth-order valence-electron chi connectivity index (χ4n) is 2.95. The predicted octanol–water partition coefficient (Wildman–Crippen LogP) is 2.29. The quantitative estimate of drug-likeness (QED) is 0.667. The van der Waals surface area contributed by atoms with Gasteiger partial charge in [0.15, 0.2) is 0 Å². The van der Waals surface area contributed by atoms with Gasteiger partial charge in [-0.05, 0) is 51.2 Å². The van der Waals surface area contributed by atoms with Crippen molar-refractivity contribution in [2.45, 2.75) is 45.7 Å². The van der Waals surface area contributed by atoms with Crippen LogP contribution in [0.15, 0.2) is 24.3 Å². The molecule has 0 aromatic heterocycles. The lowest BCUT2D eigenvalue weighted by molar-refractivity contribution is -0.139. The van der Waals surface area contributed by atoms with Crippen LogP contribution >= 0.6 is 11.6 Å². The van der Waals surface area contributed by atoms with Gasteiger partial charge in [-0.3, -0.25) is 9.59 Å². The lowest BCUT2D eigenvalue weighted by Crippen LogP contribution is -2.51. The van der Waals surface area contributed by atoms with Crippen molar-refractivity contribution in [3.8, 4) is 0 Å². The molecule has 0 aliphatic carbocycles. The van der Waals surface area contributed by atoms with Crippen molar-refractivity contribution in [3.63, 3.8) is 0 Å². The highest BCUT2D eigenvalue weighted by Crippen LogP contribution is 2.17. The first-order valence-corrected chi connectivity index (χ1v) is 9.90. The molecule has 2 rings (SSSR count). The van der Waals surface area contributed by atoms with Crippen molar-refractivity contribution in [3.05, 3.63) is 34.9 Å². The average molecular weight is 409 g/mol. The molecule has 7 nitrogen and oxygen atoms in total. The number of nitrogens with zero attached hydrogens (tertiary/aromatic N) is 1. The molecule has 0 radical (unpaired) electrons. The molecule has 0 spiro atoms. The predicted molar refractivity (Wildman–Crippen MR) is 109 cm³/mol. The Bertz CT molecular complexity index is 710. The third-order valence-corrected chi connectivity index (χ3v) is 4.91. The molecule has 8 heteroatoms. The summed E-state index contributed by atoms with van der Waals surface area (Å²) in [5.74, 6) is -1.08. The van der Waals surface area contributed by atoms with Crippen LogP contribution in [-0.4, -0.2) is 47.9 Å². The third kappa shape index (κ3) is 7.03. The summed E-state index contributed by atoms with van der Waals surface area (Å²) in [5.41, 5.74) is 0.491. The summed E-state index contributed by atoms with van der Waals surface area (Å²) in [6.45, 7) is 7.75. The van der Waals surface area contributed by atoms with Gasteiger partial charge in [0.1, 0.15) is 0 Å². The van der Waals surface area contributed by atoms with Crippen LogP contribution in [0, 0.1) is 5.92 Å². The highest BCUT2D eigenvalue weighted by atomic mass is 35.5. The minimum Gasteiger partial charge on any atom is -0.348 e. The van der Waals surface area contributed by atoms with Gasteiger partial charge in [-0.1, -0.05) is 29.8 Å². The second kappa shape index (κ2) is 9.78. The smallest absolute Gasteiger partial charge is 0.317 e. The molecule has 3 N–H and O–H groups in total. The molecule has 1 aliphatic heterocycles. The number of nitrogens with one attached hydrogen (secondary N) is 3. The van der Waals surface area contributed by atoms with Crippen LogP contribution in [0.25, 0.3) is 0 Å². The first kappa shape index (κ1) is 22.0. The summed E-state index contributed by atoms with van der Waals surface area (Å²) in [6.07, 6.45) is 1.58. The van der Waals surface area contributed by atoms with Crippen LogP contribution in [0.1, 0.15) is 39.2 Å². The van der Waals surface area contributed by atoms with Crippen molar-refractivity contribution in [2.75, 3.05) is 19.6 Å². The first-order chi connectivity index (χ1) is 13.2. The van der Waals surface area contributed by atoms with Crippen molar-refractivity contribution in [2.24, 2.45) is 5.92 Å². The van der Waals surface area contributed by atoms with Gasteiger partial charge in [-0.25, -0.2) is 4.79 Å². The second-order valence-electron chi connectivity index (χ2n) is 8.09. The molecule has 28 heavy (non-hydrogen) atoms. The van der Waals surface area contributed by atoms with Gasteiger partial charge >= 0.3 is 17.8 Å². The number of benzene rings is 1. The molecular formula is C20H29ClN4O3. The zero-order valence-corrected chi connectivity index (χ0v) is 17.4. The third-order valence-electron chi connectivity index (χ3n) is 4.54. The van der Waals surface area contributed by atoms with E-state index in [9.17, 15) is 14.4 Å². The molecule has 0 unspecified atom stereocenters. The molecule has 4 amide bonds. The number of carbonyl (C=O) groups is 3. The van der Waals surface area contributed by atoms with Crippen molar-refractivity contribution in [1.29, 1.82) is 0 Å². The summed E-state index contributed by atoms with van der Waals surface area (Å²) in [5, 5.41) is 8.76. The molecule has 0 saturated carbocycles. The molecule has 0 bridgehead atoms. The number of urea groups is 1. The zero-order chi connectivity index (χ0) is 20.7. The fraction of sp³-hybridized carbons (Fsp3) is 0.550. The molecule has 1 aromatic carbocycles. The summed E-state index contributed by atoms with van der Waals surface area (Å²) in [6, 6.07) is 7.09. The molecular weight excluding hydrogens is 380 g/mol. The maximum Gasteiger partial charge on any atom is 0.317 e. The van der Waals surface area contributed by atoms with E-state index >= 15 is 0 Å². The van der Waals surface area contributed by atoms with Crippen LogP contribution in [0.4, 0.5) is 4.79 Å². The molecule has 1 fully saturated rings. The van der Waals surface area contributed by atoms with Gasteiger partial charge in [0.2, 0.25) is 0 Å². The van der Waals surface area contributed by atoms with Crippen molar-refractivity contribution in [1.82, 2.24) is 20.9 Å².